The summed E-state index contributed by atoms with van der Waals surface area (Å²) in [6.07, 6.45) is -0.651. The third kappa shape index (κ3) is 7.09. The summed E-state index contributed by atoms with van der Waals surface area (Å²) in [5.41, 5.74) is 3.51. The molecule has 1 amide bonds. The Hall–Kier alpha value is -3.81. The smallest absolute Gasteiger partial charge is 0.408 e. The first kappa shape index (κ1) is 25.8. The predicted molar refractivity (Wildman–Crippen MR) is 133 cm³/mol. The Morgan fingerprint density at radius 2 is 1.77 bits per heavy atom. The lowest BCUT2D eigenvalue weighted by Gasteiger charge is -2.23. The van der Waals surface area contributed by atoms with Gasteiger partial charge in [0.15, 0.2) is 5.75 Å². The van der Waals surface area contributed by atoms with E-state index in [0.717, 1.165) is 34.0 Å². The van der Waals surface area contributed by atoms with Gasteiger partial charge in [0.25, 0.3) is 0 Å². The molecule has 0 saturated heterocycles. The van der Waals surface area contributed by atoms with Gasteiger partial charge in [-0.3, -0.25) is 4.79 Å². The summed E-state index contributed by atoms with van der Waals surface area (Å²) in [6, 6.07) is 16.8. The second-order valence-corrected chi connectivity index (χ2v) is 9.26. The highest BCUT2D eigenvalue weighted by atomic mass is 16.6. The van der Waals surface area contributed by atoms with E-state index in [0.29, 0.717) is 6.61 Å². The zero-order chi connectivity index (χ0) is 25.6. The number of alkyl carbamates (subject to hydrolysis) is 1. The van der Waals surface area contributed by atoms with Crippen LogP contribution in [0.15, 0.2) is 54.6 Å². The van der Waals surface area contributed by atoms with E-state index in [9.17, 15) is 9.59 Å². The van der Waals surface area contributed by atoms with Gasteiger partial charge in [0, 0.05) is 0 Å². The molecule has 0 saturated carbocycles. The Kier molecular flexibility index (Phi) is 8.17. The van der Waals surface area contributed by atoms with Crippen molar-refractivity contribution in [2.24, 2.45) is 0 Å². The Morgan fingerprint density at radius 3 is 2.43 bits per heavy atom. The van der Waals surface area contributed by atoms with Crippen molar-refractivity contribution in [2.45, 2.75) is 59.3 Å². The van der Waals surface area contributed by atoms with E-state index >= 15 is 0 Å². The van der Waals surface area contributed by atoms with Crippen molar-refractivity contribution in [1.82, 2.24) is 15.1 Å². The maximum atomic E-state index is 12.4. The van der Waals surface area contributed by atoms with Crippen LogP contribution in [0.5, 0.6) is 5.75 Å². The predicted octanol–water partition coefficient (Wildman–Crippen LogP) is 5.20. The van der Waals surface area contributed by atoms with Gasteiger partial charge in [-0.1, -0.05) is 42.5 Å². The highest BCUT2D eigenvalue weighted by Gasteiger charge is 2.24. The van der Waals surface area contributed by atoms with E-state index in [1.54, 1.807) is 25.5 Å². The lowest BCUT2D eigenvalue weighted by molar-refractivity contribution is -0.141. The van der Waals surface area contributed by atoms with Crippen molar-refractivity contribution in [2.75, 3.05) is 7.11 Å². The van der Waals surface area contributed by atoms with Crippen LogP contribution in [-0.2, 0) is 20.9 Å². The first-order chi connectivity index (χ1) is 16.6. The minimum absolute atomic E-state index is 0.0399. The molecule has 3 aromatic rings. The monoisotopic (exact) mass is 479 g/mol. The molecule has 1 N–H and O–H groups in total. The lowest BCUT2D eigenvalue weighted by atomic mass is 10.0. The van der Waals surface area contributed by atoms with Gasteiger partial charge in [-0.2, -0.15) is 5.10 Å². The third-order valence-electron chi connectivity index (χ3n) is 5.26. The number of rotatable bonds is 8. The van der Waals surface area contributed by atoms with Gasteiger partial charge >= 0.3 is 12.1 Å². The van der Waals surface area contributed by atoms with Gasteiger partial charge in [-0.25, -0.2) is 9.48 Å². The van der Waals surface area contributed by atoms with Crippen LogP contribution in [0.4, 0.5) is 4.79 Å². The molecule has 0 radical (unpaired) electrons. The number of carbonyl (C=O) groups is 2. The normalized spacial score (nSPS) is 12.1. The van der Waals surface area contributed by atoms with Crippen molar-refractivity contribution in [1.29, 1.82) is 0 Å². The molecule has 0 unspecified atom stereocenters. The maximum absolute atomic E-state index is 12.4. The molecular weight excluding hydrogens is 446 g/mol. The molecular formula is C27H33N3O5. The summed E-state index contributed by atoms with van der Waals surface area (Å²) in [7, 11) is 1.32. The zero-order valence-electron chi connectivity index (χ0n) is 21.1. The number of amides is 1. The van der Waals surface area contributed by atoms with Crippen LogP contribution in [0.1, 0.15) is 55.7 Å². The fourth-order valence-electron chi connectivity index (χ4n) is 3.64. The van der Waals surface area contributed by atoms with Crippen LogP contribution in [0.3, 0.4) is 0 Å². The summed E-state index contributed by atoms with van der Waals surface area (Å²) < 4.78 is 18.1. The van der Waals surface area contributed by atoms with Crippen molar-refractivity contribution < 1.29 is 23.8 Å². The fraction of sp³-hybridized carbons (Fsp3) is 0.370. The van der Waals surface area contributed by atoms with Gasteiger partial charge in [-0.15, -0.1) is 0 Å². The summed E-state index contributed by atoms with van der Waals surface area (Å²) in [6.45, 7) is 9.62. The molecule has 35 heavy (non-hydrogen) atoms. The van der Waals surface area contributed by atoms with E-state index in [4.69, 9.17) is 14.2 Å². The van der Waals surface area contributed by atoms with Crippen molar-refractivity contribution in [3.63, 3.8) is 0 Å². The van der Waals surface area contributed by atoms with Crippen LogP contribution < -0.4 is 10.1 Å². The SMILES string of the molecule is COC(=O)C[C@H](NC(=O)OC(C)(C)C)c1cccc(-n2nc(C)c(OCc3ccccc3)c2C)c1. The number of esters is 1. The molecule has 0 bridgehead atoms. The van der Waals surface area contributed by atoms with E-state index < -0.39 is 23.7 Å². The largest absolute Gasteiger partial charge is 0.485 e. The Bertz CT molecular complexity index is 1170. The number of aromatic nitrogens is 2. The summed E-state index contributed by atoms with van der Waals surface area (Å²) >= 11 is 0. The second kappa shape index (κ2) is 11.1. The molecule has 1 aromatic heterocycles. The van der Waals surface area contributed by atoms with Gasteiger partial charge < -0.3 is 19.5 Å². The van der Waals surface area contributed by atoms with Crippen LogP contribution >= 0.6 is 0 Å². The van der Waals surface area contributed by atoms with Crippen molar-refractivity contribution in [3.8, 4) is 11.4 Å². The summed E-state index contributed by atoms with van der Waals surface area (Å²) in [5, 5.41) is 7.45. The summed E-state index contributed by atoms with van der Waals surface area (Å²) in [4.78, 5) is 24.5. The van der Waals surface area contributed by atoms with Crippen LogP contribution in [0, 0.1) is 13.8 Å². The molecule has 0 aliphatic heterocycles. The lowest BCUT2D eigenvalue weighted by Crippen LogP contribution is -2.36. The zero-order valence-corrected chi connectivity index (χ0v) is 21.1. The number of nitrogens with zero attached hydrogens (tertiary/aromatic N) is 2. The van der Waals surface area contributed by atoms with E-state index in [2.05, 4.69) is 10.4 Å². The molecule has 8 nitrogen and oxygen atoms in total. The summed E-state index contributed by atoms with van der Waals surface area (Å²) in [5.74, 6) is 0.274. The molecule has 186 valence electrons. The standard InChI is InChI=1S/C27H33N3O5/c1-18-25(34-17-20-11-8-7-9-12-20)19(2)30(29-18)22-14-10-13-21(15-22)23(16-24(31)33-6)28-26(32)35-27(3,4)5/h7-15,23H,16-17H2,1-6H3,(H,28,32)/t23-/m0/s1. The number of hydrogen-bond donors (Lipinski definition) is 1. The number of carbonyl (C=O) groups excluding carboxylic acids is 2. The van der Waals surface area contributed by atoms with Crippen LogP contribution in [0.2, 0.25) is 0 Å². The number of methoxy groups -OCH3 is 1. The second-order valence-electron chi connectivity index (χ2n) is 9.26. The van der Waals surface area contributed by atoms with E-state index in [-0.39, 0.29) is 6.42 Å². The highest BCUT2D eigenvalue weighted by Crippen LogP contribution is 2.28. The number of aryl methyl sites for hydroxylation is 1. The molecule has 0 aliphatic carbocycles. The van der Waals surface area contributed by atoms with E-state index in [1.165, 1.54) is 7.11 Å². The Morgan fingerprint density at radius 1 is 1.06 bits per heavy atom. The first-order valence-electron chi connectivity index (χ1n) is 11.5. The number of nitrogens with one attached hydrogen (secondary N) is 1. The number of hydrogen-bond acceptors (Lipinski definition) is 6. The maximum Gasteiger partial charge on any atom is 0.408 e. The molecule has 0 aliphatic rings. The van der Waals surface area contributed by atoms with E-state index in [1.807, 2.05) is 68.4 Å². The molecule has 8 heteroatoms. The van der Waals surface area contributed by atoms with Crippen LogP contribution in [0.25, 0.3) is 5.69 Å². The molecule has 0 spiro atoms. The Balaban J connectivity index is 1.86. The Labute approximate surface area is 206 Å². The van der Waals surface area contributed by atoms with Gasteiger partial charge in [0.2, 0.25) is 0 Å². The first-order valence-corrected chi connectivity index (χ1v) is 11.5. The van der Waals surface area contributed by atoms with Crippen molar-refractivity contribution in [3.05, 3.63) is 77.1 Å². The number of ether oxygens (including phenoxy) is 3. The quantitative estimate of drug-likeness (QED) is 0.447. The highest BCUT2D eigenvalue weighted by molar-refractivity contribution is 5.73. The minimum Gasteiger partial charge on any atom is -0.485 e. The molecule has 2 aromatic carbocycles. The molecule has 1 heterocycles. The molecule has 0 fully saturated rings. The molecule has 3 rings (SSSR count). The topological polar surface area (TPSA) is 91.7 Å². The fourth-order valence-corrected chi connectivity index (χ4v) is 3.64. The van der Waals surface area contributed by atoms with Crippen molar-refractivity contribution >= 4 is 12.1 Å². The van der Waals surface area contributed by atoms with Gasteiger partial charge in [0.1, 0.15) is 17.9 Å². The van der Waals surface area contributed by atoms with Gasteiger partial charge in [0.05, 0.1) is 31.0 Å². The average molecular weight is 480 g/mol. The number of benzene rings is 2. The van der Waals surface area contributed by atoms with Gasteiger partial charge in [-0.05, 0) is 57.9 Å². The van der Waals surface area contributed by atoms with Crippen LogP contribution in [-0.4, -0.2) is 34.6 Å². The third-order valence-corrected chi connectivity index (χ3v) is 5.26. The minimum atomic E-state index is -0.665. The average Bonchev–Trinajstić information content (AvgIpc) is 3.09. The molecule has 1 atom stereocenters.